The van der Waals surface area contributed by atoms with Crippen LogP contribution in [0.3, 0.4) is 0 Å². The first-order chi connectivity index (χ1) is 13.0. The SMILES string of the molecule is Cc1[nH]cnc1CN1C[C@H]2CC[C@@H](C1)N(C(=O)Cc1ccc(F)cc1Cl)C2. The molecule has 2 atom stereocenters. The number of rotatable bonds is 4. The molecule has 1 amide bonds. The monoisotopic (exact) mass is 390 g/mol. The highest BCUT2D eigenvalue weighted by Gasteiger charge is 2.37. The second-order valence-electron chi connectivity index (χ2n) is 7.72. The molecule has 144 valence electrons. The summed E-state index contributed by atoms with van der Waals surface area (Å²) in [5.41, 5.74) is 2.87. The molecule has 1 N–H and O–H groups in total. The van der Waals surface area contributed by atoms with E-state index >= 15 is 0 Å². The Morgan fingerprint density at radius 3 is 2.93 bits per heavy atom. The van der Waals surface area contributed by atoms with Gasteiger partial charge in [0.2, 0.25) is 5.91 Å². The highest BCUT2D eigenvalue weighted by atomic mass is 35.5. The molecule has 2 bridgehead atoms. The minimum absolute atomic E-state index is 0.0796. The van der Waals surface area contributed by atoms with E-state index in [4.69, 9.17) is 11.6 Å². The average molecular weight is 391 g/mol. The van der Waals surface area contributed by atoms with Gasteiger partial charge in [-0.1, -0.05) is 17.7 Å². The zero-order chi connectivity index (χ0) is 19.0. The third kappa shape index (κ3) is 4.01. The van der Waals surface area contributed by atoms with Crippen LogP contribution in [0.4, 0.5) is 4.39 Å². The Morgan fingerprint density at radius 1 is 1.33 bits per heavy atom. The van der Waals surface area contributed by atoms with Gasteiger partial charge in [-0.05, 0) is 43.4 Å². The Morgan fingerprint density at radius 2 is 2.19 bits per heavy atom. The van der Waals surface area contributed by atoms with Crippen molar-refractivity contribution >= 4 is 17.5 Å². The summed E-state index contributed by atoms with van der Waals surface area (Å²) in [6.07, 6.45) is 4.14. The number of nitrogens with zero attached hydrogens (tertiary/aromatic N) is 3. The van der Waals surface area contributed by atoms with Crippen molar-refractivity contribution in [3.8, 4) is 0 Å². The molecule has 4 heterocycles. The Labute approximate surface area is 163 Å². The number of piperidine rings is 1. The minimum atomic E-state index is -0.380. The maximum Gasteiger partial charge on any atom is 0.227 e. The van der Waals surface area contributed by atoms with Gasteiger partial charge in [0, 0.05) is 42.9 Å². The molecular weight excluding hydrogens is 367 g/mol. The first kappa shape index (κ1) is 18.4. The van der Waals surface area contributed by atoms with Crippen LogP contribution in [0.15, 0.2) is 24.5 Å². The number of amides is 1. The van der Waals surface area contributed by atoms with Gasteiger partial charge in [0.15, 0.2) is 0 Å². The zero-order valence-corrected chi connectivity index (χ0v) is 16.2. The minimum Gasteiger partial charge on any atom is -0.348 e. The molecule has 0 saturated carbocycles. The molecule has 7 heteroatoms. The molecule has 3 aliphatic rings. The number of hydrogen-bond acceptors (Lipinski definition) is 3. The predicted molar refractivity (Wildman–Crippen MR) is 102 cm³/mol. The third-order valence-corrected chi connectivity index (χ3v) is 6.13. The zero-order valence-electron chi connectivity index (χ0n) is 15.4. The largest absolute Gasteiger partial charge is 0.348 e. The first-order valence-electron chi connectivity index (χ1n) is 9.44. The van der Waals surface area contributed by atoms with Crippen molar-refractivity contribution in [2.75, 3.05) is 19.6 Å². The molecule has 1 aromatic heterocycles. The van der Waals surface area contributed by atoms with E-state index in [-0.39, 0.29) is 24.2 Å². The van der Waals surface area contributed by atoms with E-state index in [1.807, 2.05) is 11.8 Å². The highest BCUT2D eigenvalue weighted by Crippen LogP contribution is 2.30. The lowest BCUT2D eigenvalue weighted by molar-refractivity contribution is -0.134. The second kappa shape index (κ2) is 7.60. The number of H-pyrrole nitrogens is 1. The molecule has 3 fully saturated rings. The van der Waals surface area contributed by atoms with Gasteiger partial charge < -0.3 is 9.88 Å². The van der Waals surface area contributed by atoms with Crippen molar-refractivity contribution in [1.29, 1.82) is 0 Å². The topological polar surface area (TPSA) is 52.2 Å². The Hall–Kier alpha value is -1.92. The number of benzene rings is 1. The molecule has 5 rings (SSSR count). The number of carbonyl (C=O) groups is 1. The number of fused-ring (bicyclic) bond motifs is 4. The van der Waals surface area contributed by atoms with E-state index in [2.05, 4.69) is 14.9 Å². The lowest BCUT2D eigenvalue weighted by Gasteiger charge is -2.36. The second-order valence-corrected chi connectivity index (χ2v) is 8.13. The average Bonchev–Trinajstić information content (AvgIpc) is 2.84. The smallest absolute Gasteiger partial charge is 0.227 e. The van der Waals surface area contributed by atoms with Crippen molar-refractivity contribution in [2.24, 2.45) is 5.92 Å². The van der Waals surface area contributed by atoms with E-state index in [1.54, 1.807) is 12.4 Å². The highest BCUT2D eigenvalue weighted by molar-refractivity contribution is 6.31. The van der Waals surface area contributed by atoms with Gasteiger partial charge in [-0.2, -0.15) is 0 Å². The van der Waals surface area contributed by atoms with Gasteiger partial charge in [-0.15, -0.1) is 0 Å². The van der Waals surface area contributed by atoms with Crippen molar-refractivity contribution < 1.29 is 9.18 Å². The summed E-state index contributed by atoms with van der Waals surface area (Å²) in [4.78, 5) is 25.0. The molecule has 1 aromatic carbocycles. The van der Waals surface area contributed by atoms with Crippen LogP contribution in [0.1, 0.15) is 29.8 Å². The van der Waals surface area contributed by atoms with E-state index in [9.17, 15) is 9.18 Å². The van der Waals surface area contributed by atoms with Gasteiger partial charge in [0.1, 0.15) is 5.82 Å². The van der Waals surface area contributed by atoms with Crippen LogP contribution in [-0.2, 0) is 17.8 Å². The van der Waals surface area contributed by atoms with Crippen molar-refractivity contribution in [2.45, 2.75) is 38.8 Å². The lowest BCUT2D eigenvalue weighted by atomic mass is 9.94. The summed E-state index contributed by atoms with van der Waals surface area (Å²) in [6, 6.07) is 4.46. The van der Waals surface area contributed by atoms with Crippen LogP contribution >= 0.6 is 11.6 Å². The quantitative estimate of drug-likeness (QED) is 0.872. The van der Waals surface area contributed by atoms with Crippen molar-refractivity contribution in [1.82, 2.24) is 19.8 Å². The van der Waals surface area contributed by atoms with Crippen LogP contribution < -0.4 is 0 Å². The number of aromatic amines is 1. The Balaban J connectivity index is 1.45. The summed E-state index contributed by atoms with van der Waals surface area (Å²) in [5, 5.41) is 0.318. The van der Waals surface area contributed by atoms with Gasteiger partial charge in [0.05, 0.1) is 18.4 Å². The fraction of sp³-hybridized carbons (Fsp3) is 0.500. The van der Waals surface area contributed by atoms with E-state index in [0.717, 1.165) is 50.4 Å². The van der Waals surface area contributed by atoms with Crippen LogP contribution in [0.2, 0.25) is 5.02 Å². The summed E-state index contributed by atoms with van der Waals surface area (Å²) >= 11 is 6.11. The van der Waals surface area contributed by atoms with E-state index in [0.29, 0.717) is 16.5 Å². The number of aryl methyl sites for hydroxylation is 1. The molecule has 2 aromatic rings. The number of carbonyl (C=O) groups excluding carboxylic acids is 1. The van der Waals surface area contributed by atoms with Gasteiger partial charge in [-0.25, -0.2) is 9.37 Å². The Bertz CT molecular complexity index is 839. The van der Waals surface area contributed by atoms with E-state index in [1.165, 1.54) is 12.1 Å². The summed E-state index contributed by atoms with van der Waals surface area (Å²) in [5.74, 6) is 0.181. The summed E-state index contributed by atoms with van der Waals surface area (Å²) < 4.78 is 13.3. The first-order valence-corrected chi connectivity index (χ1v) is 9.82. The molecule has 3 aliphatic heterocycles. The molecule has 0 unspecified atom stereocenters. The van der Waals surface area contributed by atoms with Crippen LogP contribution in [0.5, 0.6) is 0 Å². The summed E-state index contributed by atoms with van der Waals surface area (Å²) in [6.45, 7) is 5.50. The Kier molecular flexibility index (Phi) is 5.19. The standard InChI is InChI=1S/C20H24ClFN4O/c1-13-19(24-12-23-13)11-25-8-14-2-5-17(10-25)26(9-14)20(27)6-15-3-4-16(22)7-18(15)21/h3-4,7,12,14,17H,2,5-6,8-11H2,1H3,(H,23,24)/t14-,17+/m1/s1. The van der Waals surface area contributed by atoms with Crippen molar-refractivity contribution in [3.05, 3.63) is 52.3 Å². The molecular formula is C20H24ClFN4O. The van der Waals surface area contributed by atoms with Gasteiger partial charge >= 0.3 is 0 Å². The van der Waals surface area contributed by atoms with Crippen molar-refractivity contribution in [3.63, 3.8) is 0 Å². The number of imidazole rings is 1. The lowest BCUT2D eigenvalue weighted by Crippen LogP contribution is -2.48. The maximum absolute atomic E-state index is 13.3. The predicted octanol–water partition coefficient (Wildman–Crippen LogP) is 3.18. The fourth-order valence-electron chi connectivity index (χ4n) is 4.30. The molecule has 5 nitrogen and oxygen atoms in total. The van der Waals surface area contributed by atoms with Crippen LogP contribution in [0.25, 0.3) is 0 Å². The maximum atomic E-state index is 13.3. The molecule has 0 radical (unpaired) electrons. The molecule has 27 heavy (non-hydrogen) atoms. The van der Waals surface area contributed by atoms with Crippen LogP contribution in [-0.4, -0.2) is 51.4 Å². The van der Waals surface area contributed by atoms with Gasteiger partial charge in [-0.3, -0.25) is 9.69 Å². The number of hydrogen-bond donors (Lipinski definition) is 1. The van der Waals surface area contributed by atoms with Crippen LogP contribution in [0, 0.1) is 18.7 Å². The molecule has 0 spiro atoms. The molecule has 0 aliphatic carbocycles. The number of nitrogens with one attached hydrogen (secondary N) is 1. The fourth-order valence-corrected chi connectivity index (χ4v) is 4.54. The normalized spacial score (nSPS) is 22.9. The molecule has 3 saturated heterocycles. The summed E-state index contributed by atoms with van der Waals surface area (Å²) in [7, 11) is 0. The van der Waals surface area contributed by atoms with Gasteiger partial charge in [0.25, 0.3) is 0 Å². The number of aromatic nitrogens is 2. The number of halogens is 2. The third-order valence-electron chi connectivity index (χ3n) is 5.77. The van der Waals surface area contributed by atoms with E-state index < -0.39 is 0 Å².